The smallest absolute Gasteiger partial charge is 0.0331 e. The summed E-state index contributed by atoms with van der Waals surface area (Å²) in [6.45, 7) is 0. The van der Waals surface area contributed by atoms with Crippen LogP contribution < -0.4 is 5.73 Å². The molecule has 0 amide bonds. The molecule has 1 aromatic rings. The third-order valence-electron chi connectivity index (χ3n) is 3.01. The predicted molar refractivity (Wildman–Crippen MR) is 58.5 cm³/mol. The lowest BCUT2D eigenvalue weighted by Gasteiger charge is -2.11. The topological polar surface area (TPSA) is 26.0 Å². The molecule has 0 aromatic heterocycles. The minimum Gasteiger partial charge on any atom is -0.399 e. The number of nitrogen functional groups attached to an aromatic ring is 1. The number of benzene rings is 1. The van der Waals surface area contributed by atoms with Crippen molar-refractivity contribution in [3.63, 3.8) is 0 Å². The first-order valence-corrected chi connectivity index (χ1v) is 5.29. The molecule has 0 atom stereocenters. The fraction of sp³-hybridized carbons (Fsp3) is 0.273. The molecule has 0 aliphatic heterocycles. The van der Waals surface area contributed by atoms with E-state index in [1.807, 2.05) is 6.07 Å². The van der Waals surface area contributed by atoms with Gasteiger partial charge in [0, 0.05) is 15.6 Å². The van der Waals surface area contributed by atoms with Gasteiger partial charge in [0.05, 0.1) is 0 Å². The maximum absolute atomic E-state index is 5.78. The van der Waals surface area contributed by atoms with Gasteiger partial charge in [-0.05, 0) is 36.1 Å². The Bertz CT molecular complexity index is 416. The fourth-order valence-corrected chi connectivity index (χ4v) is 3.08. The maximum Gasteiger partial charge on any atom is 0.0331 e. The van der Waals surface area contributed by atoms with Crippen LogP contribution in [0.1, 0.15) is 24.0 Å². The molecule has 1 fully saturated rings. The predicted octanol–water partition coefficient (Wildman–Crippen LogP) is 3.09. The Morgan fingerprint density at radius 2 is 2.08 bits per heavy atom. The largest absolute Gasteiger partial charge is 0.399 e. The Labute approximate surface area is 85.8 Å². The van der Waals surface area contributed by atoms with Crippen LogP contribution in [0.15, 0.2) is 22.7 Å². The number of fused-ring (bicyclic) bond motifs is 2. The Kier molecular flexibility index (Phi) is 1.28. The number of halogens is 1. The zero-order valence-electron chi connectivity index (χ0n) is 7.18. The van der Waals surface area contributed by atoms with Crippen LogP contribution in [0.2, 0.25) is 0 Å². The van der Waals surface area contributed by atoms with Crippen LogP contribution in [-0.2, 0) is 5.41 Å². The van der Waals surface area contributed by atoms with Gasteiger partial charge in [-0.25, -0.2) is 0 Å². The SMILES string of the molecule is Nc1cc(Br)c2c(c1)C=CC21CC1. The Balaban J connectivity index is 2.29. The van der Waals surface area contributed by atoms with Gasteiger partial charge in [0.25, 0.3) is 0 Å². The van der Waals surface area contributed by atoms with Gasteiger partial charge in [-0.2, -0.15) is 0 Å². The molecule has 66 valence electrons. The molecule has 2 aliphatic carbocycles. The highest BCUT2D eigenvalue weighted by Crippen LogP contribution is 2.56. The molecule has 2 aliphatic rings. The summed E-state index contributed by atoms with van der Waals surface area (Å²) in [5.74, 6) is 0. The number of hydrogen-bond acceptors (Lipinski definition) is 1. The molecule has 13 heavy (non-hydrogen) atoms. The Hall–Kier alpha value is -0.760. The standard InChI is InChI=1S/C11H10BrN/c12-9-6-8(13)5-7-1-2-11(3-4-11)10(7)9/h1-2,5-6H,3-4,13H2. The second-order valence-electron chi connectivity index (χ2n) is 3.96. The van der Waals surface area contributed by atoms with Gasteiger partial charge in [0.15, 0.2) is 0 Å². The molecule has 0 unspecified atom stereocenters. The van der Waals surface area contributed by atoms with Crippen molar-refractivity contribution in [3.8, 4) is 0 Å². The summed E-state index contributed by atoms with van der Waals surface area (Å²) in [5.41, 5.74) is 9.74. The van der Waals surface area contributed by atoms with E-state index in [-0.39, 0.29) is 0 Å². The van der Waals surface area contributed by atoms with Gasteiger partial charge >= 0.3 is 0 Å². The van der Waals surface area contributed by atoms with E-state index in [2.05, 4.69) is 34.1 Å². The van der Waals surface area contributed by atoms with E-state index in [1.54, 1.807) is 0 Å². The number of nitrogens with two attached hydrogens (primary N) is 1. The van der Waals surface area contributed by atoms with E-state index in [0.29, 0.717) is 5.41 Å². The van der Waals surface area contributed by atoms with Gasteiger partial charge in [-0.3, -0.25) is 0 Å². The first-order chi connectivity index (χ1) is 6.21. The highest BCUT2D eigenvalue weighted by atomic mass is 79.9. The Morgan fingerprint density at radius 3 is 2.77 bits per heavy atom. The summed E-state index contributed by atoms with van der Waals surface area (Å²) in [7, 11) is 0. The number of anilines is 1. The number of allylic oxidation sites excluding steroid dienone is 1. The van der Waals surface area contributed by atoms with Gasteiger partial charge in [0.2, 0.25) is 0 Å². The monoisotopic (exact) mass is 235 g/mol. The lowest BCUT2D eigenvalue weighted by molar-refractivity contribution is 0.906. The van der Waals surface area contributed by atoms with Crippen LogP contribution in [0.25, 0.3) is 6.08 Å². The number of hydrogen-bond donors (Lipinski definition) is 1. The second-order valence-corrected chi connectivity index (χ2v) is 4.81. The molecule has 0 bridgehead atoms. The third kappa shape index (κ3) is 0.923. The summed E-state index contributed by atoms with van der Waals surface area (Å²) < 4.78 is 1.17. The summed E-state index contributed by atoms with van der Waals surface area (Å²) in [4.78, 5) is 0. The van der Waals surface area contributed by atoms with Crippen molar-refractivity contribution in [3.05, 3.63) is 33.8 Å². The zero-order valence-corrected chi connectivity index (χ0v) is 8.76. The van der Waals surface area contributed by atoms with E-state index in [0.717, 1.165) is 5.69 Å². The molecule has 1 aromatic carbocycles. The number of rotatable bonds is 0. The van der Waals surface area contributed by atoms with E-state index >= 15 is 0 Å². The average Bonchev–Trinajstić information content (AvgIpc) is 2.70. The Morgan fingerprint density at radius 1 is 1.31 bits per heavy atom. The lowest BCUT2D eigenvalue weighted by atomic mass is 9.98. The molecule has 3 rings (SSSR count). The summed E-state index contributed by atoms with van der Waals surface area (Å²) >= 11 is 3.59. The molecular formula is C11H10BrN. The van der Waals surface area contributed by atoms with Crippen LogP contribution in [0.5, 0.6) is 0 Å². The zero-order chi connectivity index (χ0) is 9.05. The molecule has 0 heterocycles. The van der Waals surface area contributed by atoms with E-state index in [4.69, 9.17) is 5.73 Å². The van der Waals surface area contributed by atoms with Crippen molar-refractivity contribution in [1.29, 1.82) is 0 Å². The van der Waals surface area contributed by atoms with Crippen molar-refractivity contribution in [1.82, 2.24) is 0 Å². The molecule has 2 N–H and O–H groups in total. The first-order valence-electron chi connectivity index (χ1n) is 4.50. The van der Waals surface area contributed by atoms with Crippen LogP contribution in [0, 0.1) is 0 Å². The van der Waals surface area contributed by atoms with Crippen LogP contribution in [-0.4, -0.2) is 0 Å². The van der Waals surface area contributed by atoms with Gasteiger partial charge in [-0.15, -0.1) is 0 Å². The van der Waals surface area contributed by atoms with Crippen LogP contribution >= 0.6 is 15.9 Å². The van der Waals surface area contributed by atoms with Gasteiger partial charge in [0.1, 0.15) is 0 Å². The molecule has 1 spiro atoms. The molecule has 0 saturated heterocycles. The quantitative estimate of drug-likeness (QED) is 0.688. The average molecular weight is 236 g/mol. The van der Waals surface area contributed by atoms with Crippen molar-refractivity contribution in [2.45, 2.75) is 18.3 Å². The van der Waals surface area contributed by atoms with Crippen molar-refractivity contribution in [2.24, 2.45) is 0 Å². The summed E-state index contributed by atoms with van der Waals surface area (Å²) in [6.07, 6.45) is 7.10. The van der Waals surface area contributed by atoms with Crippen molar-refractivity contribution >= 4 is 27.7 Å². The molecule has 1 saturated carbocycles. The normalized spacial score (nSPS) is 20.7. The minimum absolute atomic E-state index is 0.377. The molecule has 1 nitrogen and oxygen atoms in total. The van der Waals surface area contributed by atoms with Crippen molar-refractivity contribution in [2.75, 3.05) is 5.73 Å². The highest BCUT2D eigenvalue weighted by molar-refractivity contribution is 9.10. The van der Waals surface area contributed by atoms with Crippen molar-refractivity contribution < 1.29 is 0 Å². The second kappa shape index (κ2) is 2.18. The van der Waals surface area contributed by atoms with E-state index < -0.39 is 0 Å². The van der Waals surface area contributed by atoms with Crippen LogP contribution in [0.3, 0.4) is 0 Å². The molecular weight excluding hydrogens is 226 g/mol. The van der Waals surface area contributed by atoms with E-state index in [1.165, 1.54) is 28.4 Å². The fourth-order valence-electron chi connectivity index (χ4n) is 2.19. The lowest BCUT2D eigenvalue weighted by Crippen LogP contribution is -2.01. The first kappa shape index (κ1) is 7.63. The molecule has 2 heteroatoms. The van der Waals surface area contributed by atoms with E-state index in [9.17, 15) is 0 Å². The van der Waals surface area contributed by atoms with Gasteiger partial charge < -0.3 is 5.73 Å². The maximum atomic E-state index is 5.78. The minimum atomic E-state index is 0.377. The molecule has 0 radical (unpaired) electrons. The van der Waals surface area contributed by atoms with Crippen LogP contribution in [0.4, 0.5) is 5.69 Å². The summed E-state index contributed by atoms with van der Waals surface area (Å²) in [5, 5.41) is 0. The highest BCUT2D eigenvalue weighted by Gasteiger charge is 2.46. The third-order valence-corrected chi connectivity index (χ3v) is 3.64. The van der Waals surface area contributed by atoms with Gasteiger partial charge in [-0.1, -0.05) is 28.1 Å². The summed E-state index contributed by atoms with van der Waals surface area (Å²) in [6, 6.07) is 4.07.